The second kappa shape index (κ2) is 11.4. The predicted molar refractivity (Wildman–Crippen MR) is 85.1 cm³/mol. The number of carbonyl (C=O) groups is 1. The Bertz CT molecular complexity index is 254. The smallest absolute Gasteiger partial charge is 0.237 e. The van der Waals surface area contributed by atoms with Crippen molar-refractivity contribution in [2.45, 2.75) is 70.9 Å². The molecule has 0 unspecified atom stereocenters. The Morgan fingerprint density at radius 3 is 2.40 bits per heavy atom. The predicted octanol–water partition coefficient (Wildman–Crippen LogP) is 2.64. The fraction of sp³-hybridized carbons (Fsp3) is 0.933. The van der Waals surface area contributed by atoms with Crippen LogP contribution in [0.3, 0.4) is 0 Å². The number of carbonyl (C=O) groups excluding carboxylic acids is 1. The van der Waals surface area contributed by atoms with Crippen LogP contribution in [0.4, 0.5) is 0 Å². The molecule has 1 aliphatic rings. The van der Waals surface area contributed by atoms with Crippen LogP contribution >= 0.6 is 12.4 Å². The summed E-state index contributed by atoms with van der Waals surface area (Å²) in [6, 6.07) is -0.391. The van der Waals surface area contributed by atoms with Crippen molar-refractivity contribution in [2.24, 2.45) is 11.7 Å². The average molecular weight is 307 g/mol. The van der Waals surface area contributed by atoms with Crippen LogP contribution in [0.25, 0.3) is 0 Å². The average Bonchev–Trinajstić information content (AvgIpc) is 2.62. The Balaban J connectivity index is 0.00000361. The molecule has 0 heterocycles. The molecule has 0 saturated heterocycles. The number of nitrogens with one attached hydrogen (secondary N) is 1. The van der Waals surface area contributed by atoms with Crippen LogP contribution < -0.4 is 11.1 Å². The van der Waals surface area contributed by atoms with Gasteiger partial charge in [0.05, 0.1) is 18.8 Å². The van der Waals surface area contributed by atoms with Gasteiger partial charge < -0.3 is 15.8 Å². The summed E-state index contributed by atoms with van der Waals surface area (Å²) in [7, 11) is 0. The highest BCUT2D eigenvalue weighted by Crippen LogP contribution is 2.19. The largest absolute Gasteiger partial charge is 0.376 e. The van der Waals surface area contributed by atoms with Gasteiger partial charge in [0, 0.05) is 6.54 Å². The molecule has 0 aliphatic heterocycles. The summed E-state index contributed by atoms with van der Waals surface area (Å²) in [5.74, 6) is 0.390. The van der Waals surface area contributed by atoms with Gasteiger partial charge in [0.1, 0.15) is 0 Å². The second-order valence-electron chi connectivity index (χ2n) is 6.01. The highest BCUT2D eigenvalue weighted by atomic mass is 35.5. The molecule has 0 aromatic heterocycles. The van der Waals surface area contributed by atoms with Crippen molar-refractivity contribution in [1.29, 1.82) is 0 Å². The van der Waals surface area contributed by atoms with Gasteiger partial charge >= 0.3 is 0 Å². The van der Waals surface area contributed by atoms with E-state index < -0.39 is 6.04 Å². The maximum atomic E-state index is 11.7. The van der Waals surface area contributed by atoms with Gasteiger partial charge in [-0.2, -0.15) is 0 Å². The molecule has 0 aromatic carbocycles. The Hall–Kier alpha value is -0.320. The lowest BCUT2D eigenvalue weighted by Gasteiger charge is -2.17. The van der Waals surface area contributed by atoms with Crippen molar-refractivity contribution in [3.63, 3.8) is 0 Å². The standard InChI is InChI=1S/C15H30N2O2.ClH/c1-12(2)11-14(16)15(18)17-9-10-19-13-7-5-3-4-6-8-13;/h12-14H,3-11,16H2,1-2H3,(H,17,18);1H/t14-;/m0./s1. The summed E-state index contributed by atoms with van der Waals surface area (Å²) in [6.45, 7) is 5.32. The molecule has 0 spiro atoms. The van der Waals surface area contributed by atoms with E-state index in [4.69, 9.17) is 10.5 Å². The molecule has 0 bridgehead atoms. The molecule has 0 radical (unpaired) electrons. The summed E-state index contributed by atoms with van der Waals surface area (Å²) in [6.07, 6.45) is 8.67. The van der Waals surface area contributed by atoms with Crippen LogP contribution in [0.5, 0.6) is 0 Å². The van der Waals surface area contributed by atoms with E-state index >= 15 is 0 Å². The Labute approximate surface area is 129 Å². The van der Waals surface area contributed by atoms with Crippen LogP contribution in [0, 0.1) is 5.92 Å². The highest BCUT2D eigenvalue weighted by molar-refractivity contribution is 5.85. The third-order valence-corrected chi connectivity index (χ3v) is 3.62. The zero-order valence-electron chi connectivity index (χ0n) is 12.9. The third kappa shape index (κ3) is 8.77. The molecular formula is C15H31ClN2O2. The molecule has 1 aliphatic carbocycles. The normalized spacial score (nSPS) is 18.2. The topological polar surface area (TPSA) is 64.4 Å². The van der Waals surface area contributed by atoms with E-state index in [1.165, 1.54) is 38.5 Å². The summed E-state index contributed by atoms with van der Waals surface area (Å²) >= 11 is 0. The van der Waals surface area contributed by atoms with Gasteiger partial charge in [-0.3, -0.25) is 4.79 Å². The molecule has 20 heavy (non-hydrogen) atoms. The molecule has 1 saturated carbocycles. The first-order chi connectivity index (χ1) is 9.09. The van der Waals surface area contributed by atoms with Crippen LogP contribution in [-0.4, -0.2) is 31.2 Å². The van der Waals surface area contributed by atoms with Crippen molar-refractivity contribution in [3.05, 3.63) is 0 Å². The lowest BCUT2D eigenvalue weighted by molar-refractivity contribution is -0.123. The van der Waals surface area contributed by atoms with E-state index in [1.807, 2.05) is 0 Å². The molecule has 1 rings (SSSR count). The summed E-state index contributed by atoms with van der Waals surface area (Å²) in [5.41, 5.74) is 5.81. The lowest BCUT2D eigenvalue weighted by atomic mass is 10.0. The SMILES string of the molecule is CC(C)C[C@H](N)C(=O)NCCOC1CCCCCC1.Cl. The minimum absolute atomic E-state index is 0. The van der Waals surface area contributed by atoms with Crippen molar-refractivity contribution < 1.29 is 9.53 Å². The van der Waals surface area contributed by atoms with E-state index in [-0.39, 0.29) is 18.3 Å². The summed E-state index contributed by atoms with van der Waals surface area (Å²) in [5, 5.41) is 2.85. The fourth-order valence-corrected chi connectivity index (χ4v) is 2.55. The molecule has 1 amide bonds. The summed E-state index contributed by atoms with van der Waals surface area (Å²) in [4.78, 5) is 11.7. The van der Waals surface area contributed by atoms with Crippen LogP contribution in [0.2, 0.25) is 0 Å². The van der Waals surface area contributed by atoms with E-state index in [1.54, 1.807) is 0 Å². The molecule has 120 valence electrons. The number of ether oxygens (including phenoxy) is 1. The van der Waals surface area contributed by atoms with Gasteiger partial charge in [-0.15, -0.1) is 12.4 Å². The second-order valence-corrected chi connectivity index (χ2v) is 6.01. The number of hydrogen-bond donors (Lipinski definition) is 2. The van der Waals surface area contributed by atoms with Crippen molar-refractivity contribution in [2.75, 3.05) is 13.2 Å². The van der Waals surface area contributed by atoms with Crippen molar-refractivity contribution in [3.8, 4) is 0 Å². The van der Waals surface area contributed by atoms with Crippen LogP contribution in [0.15, 0.2) is 0 Å². The van der Waals surface area contributed by atoms with Gasteiger partial charge in [-0.25, -0.2) is 0 Å². The number of hydrogen-bond acceptors (Lipinski definition) is 3. The van der Waals surface area contributed by atoms with E-state index in [0.29, 0.717) is 25.2 Å². The minimum Gasteiger partial charge on any atom is -0.376 e. The Morgan fingerprint density at radius 2 is 1.85 bits per heavy atom. The number of rotatable bonds is 7. The van der Waals surface area contributed by atoms with Gasteiger partial charge in [-0.1, -0.05) is 39.5 Å². The van der Waals surface area contributed by atoms with Crippen LogP contribution in [0.1, 0.15) is 58.8 Å². The number of halogens is 1. The van der Waals surface area contributed by atoms with Gasteiger partial charge in [0.15, 0.2) is 0 Å². The zero-order chi connectivity index (χ0) is 14.1. The van der Waals surface area contributed by atoms with Crippen LogP contribution in [-0.2, 0) is 9.53 Å². The number of nitrogens with two attached hydrogens (primary N) is 1. The van der Waals surface area contributed by atoms with Gasteiger partial charge in [0.2, 0.25) is 5.91 Å². The Morgan fingerprint density at radius 1 is 1.25 bits per heavy atom. The fourth-order valence-electron chi connectivity index (χ4n) is 2.55. The quantitative estimate of drug-likeness (QED) is 0.561. The monoisotopic (exact) mass is 306 g/mol. The molecule has 0 aromatic rings. The first-order valence-corrected chi connectivity index (χ1v) is 7.74. The van der Waals surface area contributed by atoms with E-state index in [2.05, 4.69) is 19.2 Å². The van der Waals surface area contributed by atoms with Crippen molar-refractivity contribution >= 4 is 18.3 Å². The lowest BCUT2D eigenvalue weighted by Crippen LogP contribution is -2.42. The first-order valence-electron chi connectivity index (χ1n) is 7.74. The zero-order valence-corrected chi connectivity index (χ0v) is 13.7. The third-order valence-electron chi connectivity index (χ3n) is 3.62. The highest BCUT2D eigenvalue weighted by Gasteiger charge is 2.15. The molecular weight excluding hydrogens is 276 g/mol. The molecule has 4 nitrogen and oxygen atoms in total. The van der Waals surface area contributed by atoms with Gasteiger partial charge in [0.25, 0.3) is 0 Å². The molecule has 1 atom stereocenters. The minimum atomic E-state index is -0.391. The van der Waals surface area contributed by atoms with E-state index in [9.17, 15) is 4.79 Å². The Kier molecular flexibility index (Phi) is 11.2. The first kappa shape index (κ1) is 19.7. The summed E-state index contributed by atoms with van der Waals surface area (Å²) < 4.78 is 5.82. The molecule has 1 fully saturated rings. The van der Waals surface area contributed by atoms with Crippen molar-refractivity contribution in [1.82, 2.24) is 5.32 Å². The molecule has 3 N–H and O–H groups in total. The van der Waals surface area contributed by atoms with Gasteiger partial charge in [-0.05, 0) is 25.2 Å². The number of amides is 1. The maximum absolute atomic E-state index is 11.7. The molecule has 5 heteroatoms. The maximum Gasteiger partial charge on any atom is 0.237 e. The van der Waals surface area contributed by atoms with E-state index in [0.717, 1.165) is 6.42 Å².